The number of methoxy groups -OCH3 is 1. The van der Waals surface area contributed by atoms with E-state index in [-0.39, 0.29) is 11.7 Å². The third-order valence-electron chi connectivity index (χ3n) is 5.66. The van der Waals surface area contributed by atoms with Crippen molar-refractivity contribution in [1.29, 1.82) is 0 Å². The Morgan fingerprint density at radius 2 is 1.70 bits per heavy atom. The maximum atomic E-state index is 12.7. The van der Waals surface area contributed by atoms with Gasteiger partial charge in [0.2, 0.25) is 0 Å². The molecule has 0 aliphatic rings. The Labute approximate surface area is 215 Å². The number of unbranched alkanes of at least 4 members (excludes halogenated alkanes) is 1. The van der Waals surface area contributed by atoms with Gasteiger partial charge < -0.3 is 14.2 Å². The van der Waals surface area contributed by atoms with Gasteiger partial charge in [-0.15, -0.1) is 0 Å². The van der Waals surface area contributed by atoms with Gasteiger partial charge in [-0.2, -0.15) is 5.10 Å². The summed E-state index contributed by atoms with van der Waals surface area (Å²) in [5, 5.41) is 5.90. The zero-order valence-electron chi connectivity index (χ0n) is 20.8. The van der Waals surface area contributed by atoms with Crippen LogP contribution in [0, 0.1) is 0 Å². The molecule has 0 unspecified atom stereocenters. The molecular formula is C30H28N2O5. The molecule has 0 atom stereocenters. The molecule has 7 nitrogen and oxygen atoms in total. The Morgan fingerprint density at radius 1 is 0.919 bits per heavy atom. The van der Waals surface area contributed by atoms with Crippen LogP contribution < -0.4 is 19.6 Å². The number of benzene rings is 4. The number of nitrogens with zero attached hydrogens (tertiary/aromatic N) is 1. The van der Waals surface area contributed by atoms with Gasteiger partial charge in [0.15, 0.2) is 11.5 Å². The summed E-state index contributed by atoms with van der Waals surface area (Å²) >= 11 is 0. The number of ether oxygens (including phenoxy) is 3. The minimum Gasteiger partial charge on any atom is -0.494 e. The number of carbonyl (C=O) groups is 2. The van der Waals surface area contributed by atoms with E-state index in [0.29, 0.717) is 34.8 Å². The van der Waals surface area contributed by atoms with Crippen LogP contribution in [-0.4, -0.2) is 31.8 Å². The highest BCUT2D eigenvalue weighted by molar-refractivity contribution is 6.07. The summed E-state index contributed by atoms with van der Waals surface area (Å²) in [5.41, 5.74) is 4.15. The topological polar surface area (TPSA) is 86.2 Å². The van der Waals surface area contributed by atoms with E-state index in [1.807, 2.05) is 36.4 Å². The van der Waals surface area contributed by atoms with Crippen LogP contribution in [0.25, 0.3) is 10.8 Å². The highest BCUT2D eigenvalue weighted by Crippen LogP contribution is 2.28. The molecule has 0 fully saturated rings. The van der Waals surface area contributed by atoms with E-state index in [0.717, 1.165) is 23.6 Å². The fraction of sp³-hybridized carbons (Fsp3) is 0.167. The van der Waals surface area contributed by atoms with E-state index in [9.17, 15) is 9.59 Å². The van der Waals surface area contributed by atoms with Crippen molar-refractivity contribution in [2.24, 2.45) is 5.10 Å². The molecule has 4 rings (SSSR count). The number of hydrogen-bond acceptors (Lipinski definition) is 6. The number of rotatable bonds is 10. The predicted octanol–water partition coefficient (Wildman–Crippen LogP) is 6.01. The summed E-state index contributed by atoms with van der Waals surface area (Å²) in [5.74, 6) is 0.512. The lowest BCUT2D eigenvalue weighted by molar-refractivity contribution is 0.0729. The monoisotopic (exact) mass is 496 g/mol. The van der Waals surface area contributed by atoms with Crippen molar-refractivity contribution < 1.29 is 23.8 Å². The maximum absolute atomic E-state index is 12.7. The molecule has 0 aliphatic heterocycles. The fourth-order valence-electron chi connectivity index (χ4n) is 3.68. The summed E-state index contributed by atoms with van der Waals surface area (Å²) in [7, 11) is 1.48. The second kappa shape index (κ2) is 12.4. The quantitative estimate of drug-likeness (QED) is 0.0955. The predicted molar refractivity (Wildman–Crippen MR) is 144 cm³/mol. The molecule has 0 radical (unpaired) electrons. The Bertz CT molecular complexity index is 1410. The molecule has 188 valence electrons. The summed E-state index contributed by atoms with van der Waals surface area (Å²) in [4.78, 5) is 25.3. The number of hydrogen-bond donors (Lipinski definition) is 1. The molecule has 7 heteroatoms. The summed E-state index contributed by atoms with van der Waals surface area (Å²) in [6, 6.07) is 25.0. The van der Waals surface area contributed by atoms with Crippen LogP contribution in [0.2, 0.25) is 0 Å². The van der Waals surface area contributed by atoms with Crippen LogP contribution in [-0.2, 0) is 0 Å². The first-order valence-electron chi connectivity index (χ1n) is 12.0. The number of hydrazone groups is 1. The first-order valence-corrected chi connectivity index (χ1v) is 12.0. The number of carbonyl (C=O) groups excluding carboxylic acids is 2. The molecule has 4 aromatic rings. The molecule has 0 spiro atoms. The highest BCUT2D eigenvalue weighted by atomic mass is 16.6. The first kappa shape index (κ1) is 25.4. The molecule has 0 saturated carbocycles. The normalized spacial score (nSPS) is 10.9. The van der Waals surface area contributed by atoms with Gasteiger partial charge in [-0.25, -0.2) is 10.2 Å². The van der Waals surface area contributed by atoms with E-state index in [4.69, 9.17) is 14.2 Å². The van der Waals surface area contributed by atoms with Gasteiger partial charge >= 0.3 is 5.97 Å². The van der Waals surface area contributed by atoms with Gasteiger partial charge in [-0.1, -0.05) is 49.7 Å². The Hall–Kier alpha value is -4.65. The molecule has 37 heavy (non-hydrogen) atoms. The lowest BCUT2D eigenvalue weighted by Gasteiger charge is -2.10. The average Bonchev–Trinajstić information content (AvgIpc) is 2.93. The smallest absolute Gasteiger partial charge is 0.343 e. The standard InChI is InChI=1S/C30H28N2O5/c1-3-4-18-36-24-15-13-23(14-16-24)30(34)37-27-17-12-21(19-28(27)35-2)20-31-32-29(33)26-11-7-9-22-8-5-6-10-25(22)26/h5-17,19-20H,3-4,18H2,1-2H3,(H,32,33)/b31-20-. The third-order valence-corrected chi connectivity index (χ3v) is 5.66. The van der Waals surface area contributed by atoms with Gasteiger partial charge in [-0.05, 0) is 71.3 Å². The number of amides is 1. The van der Waals surface area contributed by atoms with Crippen molar-refractivity contribution in [2.45, 2.75) is 19.8 Å². The second-order valence-corrected chi connectivity index (χ2v) is 8.25. The SMILES string of the molecule is CCCCOc1ccc(C(=O)Oc2ccc(/C=N\NC(=O)c3cccc4ccccc34)cc2OC)cc1. The lowest BCUT2D eigenvalue weighted by atomic mass is 10.0. The molecule has 0 heterocycles. The van der Waals surface area contributed by atoms with Gasteiger partial charge in [0.1, 0.15) is 5.75 Å². The number of esters is 1. The van der Waals surface area contributed by atoms with Crippen molar-refractivity contribution in [1.82, 2.24) is 5.43 Å². The number of fused-ring (bicyclic) bond motifs is 1. The minimum atomic E-state index is -0.512. The molecule has 0 aromatic heterocycles. The molecular weight excluding hydrogens is 468 g/mol. The van der Waals surface area contributed by atoms with E-state index >= 15 is 0 Å². The van der Waals surface area contributed by atoms with E-state index in [1.54, 1.807) is 48.5 Å². The zero-order valence-corrected chi connectivity index (χ0v) is 20.8. The maximum Gasteiger partial charge on any atom is 0.343 e. The zero-order chi connectivity index (χ0) is 26.0. The van der Waals surface area contributed by atoms with Crippen LogP contribution in [0.4, 0.5) is 0 Å². The highest BCUT2D eigenvalue weighted by Gasteiger charge is 2.13. The van der Waals surface area contributed by atoms with Crippen molar-refractivity contribution in [3.05, 3.63) is 102 Å². The first-order chi connectivity index (χ1) is 18.1. The molecule has 0 bridgehead atoms. The Kier molecular flexibility index (Phi) is 8.49. The molecule has 1 N–H and O–H groups in total. The Balaban J connectivity index is 1.39. The minimum absolute atomic E-state index is 0.271. The fourth-order valence-corrected chi connectivity index (χ4v) is 3.68. The van der Waals surface area contributed by atoms with Crippen molar-refractivity contribution in [2.75, 3.05) is 13.7 Å². The van der Waals surface area contributed by atoms with Crippen LogP contribution >= 0.6 is 0 Å². The third kappa shape index (κ3) is 6.52. The van der Waals surface area contributed by atoms with Gasteiger partial charge in [0, 0.05) is 5.56 Å². The lowest BCUT2D eigenvalue weighted by Crippen LogP contribution is -2.17. The van der Waals surface area contributed by atoms with E-state index in [2.05, 4.69) is 17.5 Å². The molecule has 0 saturated heterocycles. The summed E-state index contributed by atoms with van der Waals surface area (Å²) in [6.07, 6.45) is 3.52. The average molecular weight is 497 g/mol. The molecule has 0 aliphatic carbocycles. The van der Waals surface area contributed by atoms with Crippen molar-refractivity contribution in [3.63, 3.8) is 0 Å². The van der Waals surface area contributed by atoms with Crippen LogP contribution in [0.5, 0.6) is 17.2 Å². The van der Waals surface area contributed by atoms with Crippen LogP contribution in [0.1, 0.15) is 46.0 Å². The van der Waals surface area contributed by atoms with E-state index < -0.39 is 5.97 Å². The second-order valence-electron chi connectivity index (χ2n) is 8.25. The van der Waals surface area contributed by atoms with Crippen molar-refractivity contribution >= 4 is 28.9 Å². The van der Waals surface area contributed by atoms with Crippen LogP contribution in [0.15, 0.2) is 90.0 Å². The van der Waals surface area contributed by atoms with Crippen molar-refractivity contribution in [3.8, 4) is 17.2 Å². The molecule has 4 aromatic carbocycles. The largest absolute Gasteiger partial charge is 0.494 e. The summed E-state index contributed by atoms with van der Waals surface area (Å²) < 4.78 is 16.6. The van der Waals surface area contributed by atoms with Gasteiger partial charge in [0.25, 0.3) is 5.91 Å². The Morgan fingerprint density at radius 3 is 2.49 bits per heavy atom. The van der Waals surface area contributed by atoms with E-state index in [1.165, 1.54) is 13.3 Å². The van der Waals surface area contributed by atoms with Gasteiger partial charge in [-0.3, -0.25) is 4.79 Å². The molecule has 1 amide bonds. The van der Waals surface area contributed by atoms with Crippen LogP contribution in [0.3, 0.4) is 0 Å². The van der Waals surface area contributed by atoms with Gasteiger partial charge in [0.05, 0.1) is 25.5 Å². The summed E-state index contributed by atoms with van der Waals surface area (Å²) in [6.45, 7) is 2.74. The number of nitrogens with one attached hydrogen (secondary N) is 1.